The minimum Gasteiger partial charge on any atom is -0.380 e. The second-order valence-corrected chi connectivity index (χ2v) is 9.90. The van der Waals surface area contributed by atoms with Crippen LogP contribution in [0.5, 0.6) is 0 Å². The van der Waals surface area contributed by atoms with Crippen molar-refractivity contribution in [3.05, 3.63) is 71.3 Å². The number of hydrogen-bond donors (Lipinski definition) is 1. The highest BCUT2D eigenvalue weighted by Crippen LogP contribution is 2.47. The summed E-state index contributed by atoms with van der Waals surface area (Å²) in [6, 6.07) is 8.45. The largest absolute Gasteiger partial charge is 0.416 e. The molecule has 5 heterocycles. The van der Waals surface area contributed by atoms with Crippen molar-refractivity contribution in [1.29, 1.82) is 0 Å². The summed E-state index contributed by atoms with van der Waals surface area (Å²) in [5.41, 5.74) is 3.95. The molecule has 1 aromatic carbocycles. The molecule has 7 nitrogen and oxygen atoms in total. The maximum Gasteiger partial charge on any atom is 0.416 e. The van der Waals surface area contributed by atoms with Crippen LogP contribution in [0.2, 0.25) is 0 Å². The summed E-state index contributed by atoms with van der Waals surface area (Å²) in [7, 11) is 0. The molecule has 1 amide bonds. The molecule has 1 spiro atoms. The molecule has 3 aromatic rings. The number of nitrogens with zero attached hydrogens (tertiary/aromatic N) is 3. The number of halogens is 3. The van der Waals surface area contributed by atoms with Crippen LogP contribution < -0.4 is 10.2 Å². The van der Waals surface area contributed by atoms with Crippen molar-refractivity contribution < 1.29 is 27.4 Å². The molecule has 3 aliphatic heterocycles. The number of carbonyl (C=O) groups excluding carboxylic acids is 1. The number of alkyl halides is 3. The number of anilines is 2. The molecule has 1 atom stereocenters. The van der Waals surface area contributed by atoms with Crippen LogP contribution in [0.4, 0.5) is 24.5 Å². The zero-order valence-electron chi connectivity index (χ0n) is 20.1. The monoisotopic (exact) mass is 510 g/mol. The first kappa shape index (κ1) is 23.9. The third-order valence-electron chi connectivity index (χ3n) is 7.50. The Morgan fingerprint density at radius 1 is 1.14 bits per heavy atom. The highest BCUT2D eigenvalue weighted by Gasteiger charge is 2.53. The first-order valence-electron chi connectivity index (χ1n) is 12.1. The van der Waals surface area contributed by atoms with Crippen molar-refractivity contribution in [3.63, 3.8) is 0 Å². The van der Waals surface area contributed by atoms with Crippen molar-refractivity contribution >= 4 is 17.3 Å². The molecule has 0 aliphatic carbocycles. The second-order valence-electron chi connectivity index (χ2n) is 9.90. The quantitative estimate of drug-likeness (QED) is 0.559. The minimum absolute atomic E-state index is 0.0347. The number of amides is 1. The lowest BCUT2D eigenvalue weighted by Gasteiger charge is -2.56. The Morgan fingerprint density at radius 2 is 1.97 bits per heavy atom. The SMILES string of the molecule is Cc1ncc(NC(=O)c2cccc(C(F)(F)F)c2)cc1-c1cnc2c(c1)N1CCOCC1C1(COC1)C2. The van der Waals surface area contributed by atoms with Gasteiger partial charge in [-0.1, -0.05) is 6.07 Å². The van der Waals surface area contributed by atoms with Gasteiger partial charge in [0.1, 0.15) is 0 Å². The third-order valence-corrected chi connectivity index (χ3v) is 7.50. The van der Waals surface area contributed by atoms with Gasteiger partial charge >= 0.3 is 6.18 Å². The van der Waals surface area contributed by atoms with E-state index in [1.54, 1.807) is 6.07 Å². The number of rotatable bonds is 3. The predicted molar refractivity (Wildman–Crippen MR) is 131 cm³/mol. The average Bonchev–Trinajstić information content (AvgIpc) is 2.87. The van der Waals surface area contributed by atoms with E-state index < -0.39 is 17.6 Å². The van der Waals surface area contributed by atoms with Gasteiger partial charge in [-0.05, 0) is 37.3 Å². The first-order valence-corrected chi connectivity index (χ1v) is 12.1. The second kappa shape index (κ2) is 8.81. The van der Waals surface area contributed by atoms with Crippen LogP contribution in [0.1, 0.15) is 27.3 Å². The van der Waals surface area contributed by atoms with Crippen molar-refractivity contribution in [2.45, 2.75) is 25.6 Å². The lowest BCUT2D eigenvalue weighted by atomic mass is 9.70. The van der Waals surface area contributed by atoms with Crippen molar-refractivity contribution in [1.82, 2.24) is 9.97 Å². The van der Waals surface area contributed by atoms with E-state index in [2.05, 4.69) is 21.3 Å². The fourth-order valence-corrected chi connectivity index (χ4v) is 5.46. The van der Waals surface area contributed by atoms with Gasteiger partial charge in [-0.15, -0.1) is 0 Å². The number of aromatic nitrogens is 2. The summed E-state index contributed by atoms with van der Waals surface area (Å²) in [6.07, 6.45) is -0.389. The van der Waals surface area contributed by atoms with Crippen LogP contribution in [-0.4, -0.2) is 54.9 Å². The van der Waals surface area contributed by atoms with Crippen molar-refractivity contribution in [3.8, 4) is 11.1 Å². The van der Waals surface area contributed by atoms with Crippen LogP contribution in [0.3, 0.4) is 0 Å². The zero-order valence-corrected chi connectivity index (χ0v) is 20.1. The highest BCUT2D eigenvalue weighted by molar-refractivity contribution is 6.04. The maximum absolute atomic E-state index is 13.1. The number of hydrogen-bond acceptors (Lipinski definition) is 6. The van der Waals surface area contributed by atoms with E-state index in [1.807, 2.05) is 13.1 Å². The molecule has 6 rings (SSSR count). The van der Waals surface area contributed by atoms with Gasteiger partial charge < -0.3 is 19.7 Å². The van der Waals surface area contributed by atoms with E-state index >= 15 is 0 Å². The average molecular weight is 511 g/mol. The van der Waals surface area contributed by atoms with Gasteiger partial charge in [0.15, 0.2) is 0 Å². The maximum atomic E-state index is 13.1. The summed E-state index contributed by atoms with van der Waals surface area (Å²) < 4.78 is 50.6. The molecule has 0 radical (unpaired) electrons. The minimum atomic E-state index is -4.53. The van der Waals surface area contributed by atoms with Gasteiger partial charge in [0, 0.05) is 47.0 Å². The number of aryl methyl sites for hydroxylation is 1. The molecule has 0 bridgehead atoms. The lowest BCUT2D eigenvalue weighted by molar-refractivity contribution is -0.146. The summed E-state index contributed by atoms with van der Waals surface area (Å²) in [5.74, 6) is -0.643. The topological polar surface area (TPSA) is 76.6 Å². The third kappa shape index (κ3) is 4.23. The van der Waals surface area contributed by atoms with E-state index in [9.17, 15) is 18.0 Å². The number of ether oxygens (including phenoxy) is 2. The predicted octanol–water partition coefficient (Wildman–Crippen LogP) is 4.50. The van der Waals surface area contributed by atoms with Gasteiger partial charge in [0.25, 0.3) is 5.91 Å². The van der Waals surface area contributed by atoms with Gasteiger partial charge in [-0.2, -0.15) is 13.2 Å². The molecule has 2 fully saturated rings. The highest BCUT2D eigenvalue weighted by atomic mass is 19.4. The standard InChI is InChI=1S/C27H25F3N4O3/c1-16-21(9-20(12-31-16)33-25(35)17-3-2-4-19(7-17)27(28,29)30)18-8-23-22(32-11-18)10-26(14-37-15-26)24-13-36-6-5-34(23)24/h2-4,7-9,11-12,24H,5-6,10,13-15H2,1H3,(H,33,35). The van der Waals surface area contributed by atoms with Gasteiger partial charge in [0.05, 0.1) is 61.3 Å². The normalized spacial score (nSPS) is 20.1. The smallest absolute Gasteiger partial charge is 0.380 e. The Labute approximate surface area is 211 Å². The molecule has 37 heavy (non-hydrogen) atoms. The molecular formula is C27H25F3N4O3. The Kier molecular flexibility index (Phi) is 5.68. The Balaban J connectivity index is 1.29. The number of fused-ring (bicyclic) bond motifs is 4. The lowest BCUT2D eigenvalue weighted by Crippen LogP contribution is -2.65. The Bertz CT molecular complexity index is 1370. The Hall–Kier alpha value is -3.50. The van der Waals surface area contributed by atoms with Gasteiger partial charge in [-0.3, -0.25) is 14.8 Å². The molecular weight excluding hydrogens is 485 g/mol. The molecule has 3 aliphatic rings. The van der Waals surface area contributed by atoms with Crippen LogP contribution in [-0.2, 0) is 22.1 Å². The Morgan fingerprint density at radius 3 is 2.73 bits per heavy atom. The molecule has 1 unspecified atom stereocenters. The summed E-state index contributed by atoms with van der Waals surface area (Å²) in [4.78, 5) is 24.3. The van der Waals surface area contributed by atoms with Crippen molar-refractivity contribution in [2.24, 2.45) is 5.41 Å². The molecule has 2 saturated heterocycles. The van der Waals surface area contributed by atoms with Gasteiger partial charge in [-0.25, -0.2) is 0 Å². The van der Waals surface area contributed by atoms with Crippen LogP contribution in [0.25, 0.3) is 11.1 Å². The fraction of sp³-hybridized carbons (Fsp3) is 0.370. The number of pyridine rings is 2. The van der Waals surface area contributed by atoms with E-state index in [4.69, 9.17) is 14.5 Å². The molecule has 192 valence electrons. The summed E-state index contributed by atoms with van der Waals surface area (Å²) in [6.45, 7) is 5.35. The van der Waals surface area contributed by atoms with E-state index in [0.29, 0.717) is 32.1 Å². The van der Waals surface area contributed by atoms with E-state index in [-0.39, 0.29) is 17.0 Å². The fourth-order valence-electron chi connectivity index (χ4n) is 5.46. The summed E-state index contributed by atoms with van der Waals surface area (Å²) in [5, 5.41) is 2.68. The molecule has 0 saturated carbocycles. The van der Waals surface area contributed by atoms with Crippen LogP contribution >= 0.6 is 0 Å². The molecule has 2 aromatic heterocycles. The zero-order chi connectivity index (χ0) is 25.8. The first-order chi connectivity index (χ1) is 17.7. The van der Waals surface area contributed by atoms with Gasteiger partial charge in [0.2, 0.25) is 0 Å². The number of benzene rings is 1. The van der Waals surface area contributed by atoms with E-state index in [0.717, 1.165) is 53.3 Å². The molecule has 10 heteroatoms. The van der Waals surface area contributed by atoms with E-state index in [1.165, 1.54) is 18.3 Å². The van der Waals surface area contributed by atoms with Crippen molar-refractivity contribution in [2.75, 3.05) is 43.2 Å². The number of carbonyl (C=O) groups is 1. The number of morpholine rings is 1. The van der Waals surface area contributed by atoms with Crippen LogP contribution in [0, 0.1) is 12.3 Å². The summed E-state index contributed by atoms with van der Waals surface area (Å²) >= 11 is 0. The molecule has 1 N–H and O–H groups in total. The number of nitrogens with one attached hydrogen (secondary N) is 1. The van der Waals surface area contributed by atoms with Crippen LogP contribution in [0.15, 0.2) is 48.8 Å².